The van der Waals surface area contributed by atoms with E-state index in [-0.39, 0.29) is 35.6 Å². The van der Waals surface area contributed by atoms with Crippen molar-refractivity contribution in [3.05, 3.63) is 86.7 Å². The van der Waals surface area contributed by atoms with E-state index < -0.39 is 41.1 Å². The summed E-state index contributed by atoms with van der Waals surface area (Å²) in [6.07, 6.45) is -0.222. The van der Waals surface area contributed by atoms with E-state index in [1.807, 2.05) is 30.3 Å². The number of unbranched alkanes of at least 4 members (excludes halogenated alkanes) is 1. The molecule has 0 fully saturated rings. The largest absolute Gasteiger partial charge is 0.493 e. The first-order valence-corrected chi connectivity index (χ1v) is 15.5. The van der Waals surface area contributed by atoms with Crippen molar-refractivity contribution >= 4 is 17.6 Å². The molecule has 1 aliphatic rings. The molecular formula is C34H45N3O9. The molecule has 1 aliphatic heterocycles. The van der Waals surface area contributed by atoms with E-state index in [0.29, 0.717) is 42.4 Å². The molecule has 0 radical (unpaired) electrons. The third kappa shape index (κ3) is 10.3. The van der Waals surface area contributed by atoms with Crippen LogP contribution in [-0.4, -0.2) is 66.6 Å². The lowest BCUT2D eigenvalue weighted by Crippen LogP contribution is -2.34. The molecule has 250 valence electrons. The maximum atomic E-state index is 13.4. The number of nitrogens with one attached hydrogen (secondary N) is 2. The van der Waals surface area contributed by atoms with Crippen molar-refractivity contribution in [3.63, 3.8) is 0 Å². The predicted octanol–water partition coefficient (Wildman–Crippen LogP) is 4.92. The standard InChI is InChI=1S/C34H45N3O9/c1-21(2)45-33(39)30-23(5)36-24(6)31(34(40)46-22(3)4)32(30)28-18-25(37(41)42)14-15-29(28)43-17-11-10-16-35-19-26(38)20-44-27-12-8-7-9-13-27/h7-9,12-15,18,21-22,26,32,35-36,38H,10-11,16-17,19-20H2,1-6H3. The van der Waals surface area contributed by atoms with Gasteiger partial charge < -0.3 is 34.7 Å². The van der Waals surface area contributed by atoms with Gasteiger partial charge in [-0.15, -0.1) is 0 Å². The van der Waals surface area contributed by atoms with E-state index in [1.165, 1.54) is 18.2 Å². The molecule has 2 aromatic rings. The third-order valence-electron chi connectivity index (χ3n) is 6.97. The van der Waals surface area contributed by atoms with Crippen LogP contribution in [-0.2, 0) is 19.1 Å². The quantitative estimate of drug-likeness (QED) is 0.0933. The number of para-hydroxylation sites is 1. The van der Waals surface area contributed by atoms with Gasteiger partial charge in [-0.05, 0) is 79.1 Å². The molecule has 1 atom stereocenters. The minimum Gasteiger partial charge on any atom is -0.493 e. The number of aliphatic hydroxyl groups excluding tert-OH is 1. The maximum absolute atomic E-state index is 13.4. The van der Waals surface area contributed by atoms with Crippen LogP contribution in [0.1, 0.15) is 65.9 Å². The molecule has 12 nitrogen and oxygen atoms in total. The minimum absolute atomic E-state index is 0.138. The number of hydrogen-bond donors (Lipinski definition) is 3. The Morgan fingerprint density at radius 3 is 2.11 bits per heavy atom. The summed E-state index contributed by atoms with van der Waals surface area (Å²) in [7, 11) is 0. The summed E-state index contributed by atoms with van der Waals surface area (Å²) in [4.78, 5) is 38.2. The molecular weight excluding hydrogens is 594 g/mol. The molecule has 1 heterocycles. The highest BCUT2D eigenvalue weighted by atomic mass is 16.6. The first kappa shape index (κ1) is 36.1. The Morgan fingerprint density at radius 1 is 0.935 bits per heavy atom. The van der Waals surface area contributed by atoms with Crippen molar-refractivity contribution in [2.24, 2.45) is 0 Å². The average Bonchev–Trinajstić information content (AvgIpc) is 2.98. The van der Waals surface area contributed by atoms with Crippen molar-refractivity contribution in [1.29, 1.82) is 0 Å². The minimum atomic E-state index is -1.05. The van der Waals surface area contributed by atoms with Gasteiger partial charge in [-0.3, -0.25) is 10.1 Å². The van der Waals surface area contributed by atoms with Gasteiger partial charge in [-0.1, -0.05) is 18.2 Å². The molecule has 0 amide bonds. The van der Waals surface area contributed by atoms with Gasteiger partial charge in [-0.2, -0.15) is 0 Å². The molecule has 2 aromatic carbocycles. The normalized spacial score (nSPS) is 14.3. The molecule has 12 heteroatoms. The van der Waals surface area contributed by atoms with Gasteiger partial charge in [0.25, 0.3) is 5.69 Å². The van der Waals surface area contributed by atoms with Crippen LogP contribution in [0.5, 0.6) is 11.5 Å². The zero-order chi connectivity index (χ0) is 33.8. The molecule has 0 saturated heterocycles. The highest BCUT2D eigenvalue weighted by Gasteiger charge is 2.40. The number of benzene rings is 2. The van der Waals surface area contributed by atoms with E-state index in [9.17, 15) is 24.8 Å². The molecule has 3 rings (SSSR count). The monoisotopic (exact) mass is 639 g/mol. The van der Waals surface area contributed by atoms with Crippen LogP contribution in [0.2, 0.25) is 0 Å². The van der Waals surface area contributed by atoms with Crippen molar-refractivity contribution in [2.75, 3.05) is 26.3 Å². The van der Waals surface area contributed by atoms with E-state index in [2.05, 4.69) is 10.6 Å². The Bertz CT molecular complexity index is 1380. The SMILES string of the molecule is CC1=C(C(=O)OC(C)C)C(c2cc([N+](=O)[O-])ccc2OCCCCNCC(O)COc2ccccc2)C(C(=O)OC(C)C)=C(C)N1. The first-order chi connectivity index (χ1) is 21.9. The lowest BCUT2D eigenvalue weighted by molar-refractivity contribution is -0.384. The van der Waals surface area contributed by atoms with E-state index in [4.69, 9.17) is 18.9 Å². The highest BCUT2D eigenvalue weighted by Crippen LogP contribution is 2.44. The lowest BCUT2D eigenvalue weighted by atomic mass is 9.79. The number of nitro groups is 1. The lowest BCUT2D eigenvalue weighted by Gasteiger charge is -2.32. The number of ether oxygens (including phenoxy) is 4. The molecule has 1 unspecified atom stereocenters. The summed E-state index contributed by atoms with van der Waals surface area (Å²) < 4.78 is 22.8. The zero-order valence-corrected chi connectivity index (χ0v) is 27.3. The zero-order valence-electron chi connectivity index (χ0n) is 27.3. The topological polar surface area (TPSA) is 158 Å². The Labute approximate surface area is 269 Å². The van der Waals surface area contributed by atoms with Gasteiger partial charge in [0.15, 0.2) is 0 Å². The summed E-state index contributed by atoms with van der Waals surface area (Å²) in [5.74, 6) is -1.38. The van der Waals surface area contributed by atoms with Gasteiger partial charge in [0.1, 0.15) is 24.2 Å². The second kappa shape index (κ2) is 17.3. The van der Waals surface area contributed by atoms with Gasteiger partial charge in [0.05, 0.1) is 40.8 Å². The van der Waals surface area contributed by atoms with Gasteiger partial charge >= 0.3 is 11.9 Å². The average molecular weight is 640 g/mol. The second-order valence-corrected chi connectivity index (χ2v) is 11.6. The maximum Gasteiger partial charge on any atom is 0.337 e. The van der Waals surface area contributed by atoms with Crippen molar-refractivity contribution in [3.8, 4) is 11.5 Å². The Balaban J connectivity index is 1.76. The summed E-state index contributed by atoms with van der Waals surface area (Å²) in [5, 5.41) is 28.3. The smallest absolute Gasteiger partial charge is 0.337 e. The number of non-ortho nitro benzene ring substituents is 1. The third-order valence-corrected chi connectivity index (χ3v) is 6.97. The Morgan fingerprint density at radius 2 is 1.54 bits per heavy atom. The van der Waals surface area contributed by atoms with Crippen LogP contribution in [0.25, 0.3) is 0 Å². The number of nitro benzene ring substituents is 1. The van der Waals surface area contributed by atoms with E-state index in [1.54, 1.807) is 41.5 Å². The first-order valence-electron chi connectivity index (χ1n) is 15.5. The van der Waals surface area contributed by atoms with Crippen LogP contribution < -0.4 is 20.1 Å². The van der Waals surface area contributed by atoms with Gasteiger partial charge in [0.2, 0.25) is 0 Å². The predicted molar refractivity (Wildman–Crippen MR) is 172 cm³/mol. The van der Waals surface area contributed by atoms with E-state index in [0.717, 1.165) is 6.42 Å². The molecule has 0 bridgehead atoms. The number of allylic oxidation sites excluding steroid dienone is 2. The number of aliphatic hydroxyl groups is 1. The van der Waals surface area contributed by atoms with Crippen molar-refractivity contribution in [1.82, 2.24) is 10.6 Å². The molecule has 3 N–H and O–H groups in total. The number of rotatable bonds is 17. The Kier molecular flexibility index (Phi) is 13.6. The van der Waals surface area contributed by atoms with Crippen LogP contribution >= 0.6 is 0 Å². The van der Waals surface area contributed by atoms with Crippen molar-refractivity contribution in [2.45, 2.75) is 78.6 Å². The second-order valence-electron chi connectivity index (χ2n) is 11.6. The number of carbonyl (C=O) groups excluding carboxylic acids is 2. The fourth-order valence-electron chi connectivity index (χ4n) is 4.98. The summed E-state index contributed by atoms with van der Waals surface area (Å²) >= 11 is 0. The summed E-state index contributed by atoms with van der Waals surface area (Å²) in [5.41, 5.74) is 1.24. The number of esters is 2. The number of dihydropyridines is 1. The fraction of sp³-hybridized carbons (Fsp3) is 0.471. The number of carbonyl (C=O) groups is 2. The summed E-state index contributed by atoms with van der Waals surface area (Å²) in [6, 6.07) is 13.4. The van der Waals surface area contributed by atoms with Crippen LogP contribution in [0.3, 0.4) is 0 Å². The number of hydrogen-bond acceptors (Lipinski definition) is 11. The summed E-state index contributed by atoms with van der Waals surface area (Å²) in [6.45, 7) is 11.6. The van der Waals surface area contributed by atoms with Crippen LogP contribution in [0.15, 0.2) is 71.1 Å². The van der Waals surface area contributed by atoms with Crippen LogP contribution in [0, 0.1) is 10.1 Å². The van der Waals surface area contributed by atoms with Crippen LogP contribution in [0.4, 0.5) is 5.69 Å². The molecule has 0 spiro atoms. The molecule has 0 aromatic heterocycles. The molecule has 0 aliphatic carbocycles. The number of nitrogens with zero attached hydrogens (tertiary/aromatic N) is 1. The molecule has 46 heavy (non-hydrogen) atoms. The van der Waals surface area contributed by atoms with Gasteiger partial charge in [0, 0.05) is 35.6 Å². The Hall–Kier alpha value is -4.42. The highest BCUT2D eigenvalue weighted by molar-refractivity contribution is 6.00. The van der Waals surface area contributed by atoms with E-state index >= 15 is 0 Å². The molecule has 0 saturated carbocycles. The van der Waals surface area contributed by atoms with Gasteiger partial charge in [-0.25, -0.2) is 9.59 Å². The fourth-order valence-corrected chi connectivity index (χ4v) is 4.98. The van der Waals surface area contributed by atoms with Crippen molar-refractivity contribution < 1.29 is 38.6 Å².